The standard InChI is InChI=1S/C21H26BN3O3S/c1-20(2)21(3,4)28-22(27-20)17-12-16(10-11-18(17)26)13-24-25-19(23)29-14-15-8-6-5-7-9-15/h5-13,26H,14H2,1-4H3,(H2,23,25). The van der Waals surface area contributed by atoms with Crippen LogP contribution in [0.25, 0.3) is 0 Å². The number of hydrogen-bond donors (Lipinski definition) is 2. The third kappa shape index (κ3) is 5.20. The molecule has 0 aliphatic carbocycles. The number of amidine groups is 1. The van der Waals surface area contributed by atoms with E-state index in [1.165, 1.54) is 17.3 Å². The van der Waals surface area contributed by atoms with Gasteiger partial charge in [-0.3, -0.25) is 0 Å². The third-order valence-electron chi connectivity index (χ3n) is 5.15. The molecule has 1 aliphatic heterocycles. The molecule has 152 valence electrons. The summed E-state index contributed by atoms with van der Waals surface area (Å²) >= 11 is 1.42. The average Bonchev–Trinajstić information content (AvgIpc) is 2.89. The minimum atomic E-state index is -0.650. The number of phenolic OH excluding ortho intramolecular Hbond substituents is 1. The molecular weight excluding hydrogens is 385 g/mol. The zero-order valence-electron chi connectivity index (χ0n) is 17.1. The van der Waals surface area contributed by atoms with Gasteiger partial charge in [-0.1, -0.05) is 42.1 Å². The van der Waals surface area contributed by atoms with Crippen molar-refractivity contribution < 1.29 is 14.4 Å². The molecule has 6 nitrogen and oxygen atoms in total. The quantitative estimate of drug-likeness (QED) is 0.341. The highest BCUT2D eigenvalue weighted by atomic mass is 32.2. The Morgan fingerprint density at radius 1 is 1.10 bits per heavy atom. The van der Waals surface area contributed by atoms with Crippen molar-refractivity contribution in [1.82, 2.24) is 0 Å². The molecule has 1 heterocycles. The molecule has 3 N–H and O–H groups in total. The molecule has 0 radical (unpaired) electrons. The van der Waals surface area contributed by atoms with Gasteiger partial charge in [-0.05, 0) is 57.0 Å². The van der Waals surface area contributed by atoms with Crippen molar-refractivity contribution >= 4 is 35.7 Å². The van der Waals surface area contributed by atoms with E-state index in [1.807, 2.05) is 58.0 Å². The summed E-state index contributed by atoms with van der Waals surface area (Å²) in [5.41, 5.74) is 7.44. The molecule has 0 amide bonds. The Balaban J connectivity index is 1.67. The molecule has 0 spiro atoms. The van der Waals surface area contributed by atoms with Crippen molar-refractivity contribution in [1.29, 1.82) is 0 Å². The van der Waals surface area contributed by atoms with Crippen molar-refractivity contribution in [3.8, 4) is 5.75 Å². The van der Waals surface area contributed by atoms with Gasteiger partial charge in [0.1, 0.15) is 5.75 Å². The average molecular weight is 411 g/mol. The van der Waals surface area contributed by atoms with Gasteiger partial charge in [-0.15, -0.1) is 5.10 Å². The Kier molecular flexibility index (Phi) is 6.36. The van der Waals surface area contributed by atoms with Gasteiger partial charge in [0.15, 0.2) is 5.17 Å². The van der Waals surface area contributed by atoms with Gasteiger partial charge >= 0.3 is 7.12 Å². The van der Waals surface area contributed by atoms with Gasteiger partial charge in [-0.25, -0.2) is 0 Å². The van der Waals surface area contributed by atoms with Crippen LogP contribution >= 0.6 is 11.8 Å². The summed E-state index contributed by atoms with van der Waals surface area (Å²) in [7, 11) is -0.650. The van der Waals surface area contributed by atoms with E-state index < -0.39 is 18.3 Å². The monoisotopic (exact) mass is 411 g/mol. The lowest BCUT2D eigenvalue weighted by Crippen LogP contribution is -2.41. The maximum Gasteiger partial charge on any atom is 0.498 e. The number of hydrogen-bond acceptors (Lipinski definition) is 6. The molecule has 3 rings (SSSR count). The summed E-state index contributed by atoms with van der Waals surface area (Å²) in [4.78, 5) is 0. The topological polar surface area (TPSA) is 89.4 Å². The normalized spacial score (nSPS) is 18.5. The Morgan fingerprint density at radius 3 is 2.41 bits per heavy atom. The van der Waals surface area contributed by atoms with E-state index in [4.69, 9.17) is 15.0 Å². The second-order valence-electron chi connectivity index (χ2n) is 7.86. The SMILES string of the molecule is CC1(C)OB(c2cc(C=NN=C(N)SCc3ccccc3)ccc2O)OC1(C)C. The molecule has 29 heavy (non-hydrogen) atoms. The molecule has 0 aromatic heterocycles. The van der Waals surface area contributed by atoms with Gasteiger partial charge in [0.05, 0.1) is 17.4 Å². The lowest BCUT2D eigenvalue weighted by atomic mass is 9.77. The van der Waals surface area contributed by atoms with Crippen LogP contribution in [0.1, 0.15) is 38.8 Å². The lowest BCUT2D eigenvalue weighted by molar-refractivity contribution is 0.00578. The molecule has 1 saturated heterocycles. The van der Waals surface area contributed by atoms with Crippen molar-refractivity contribution in [3.05, 3.63) is 59.7 Å². The van der Waals surface area contributed by atoms with Gasteiger partial charge in [0.2, 0.25) is 0 Å². The Hall–Kier alpha value is -2.29. The number of nitrogens with zero attached hydrogens (tertiary/aromatic N) is 2. The molecule has 0 unspecified atom stereocenters. The van der Waals surface area contributed by atoms with Gasteiger partial charge in [-0.2, -0.15) is 5.10 Å². The van der Waals surface area contributed by atoms with Gasteiger partial charge in [0.25, 0.3) is 0 Å². The van der Waals surface area contributed by atoms with E-state index in [0.717, 1.165) is 11.3 Å². The summed E-state index contributed by atoms with van der Waals surface area (Å²) in [6.45, 7) is 7.89. The smallest absolute Gasteiger partial charge is 0.498 e. The molecule has 0 bridgehead atoms. The fourth-order valence-corrected chi connectivity index (χ4v) is 3.34. The van der Waals surface area contributed by atoms with Crippen molar-refractivity contribution in [3.63, 3.8) is 0 Å². The molecule has 2 aromatic carbocycles. The number of phenols is 1. The largest absolute Gasteiger partial charge is 0.508 e. The Bertz CT molecular complexity index is 901. The molecule has 1 fully saturated rings. The second-order valence-corrected chi connectivity index (χ2v) is 8.86. The second kappa shape index (κ2) is 8.61. The molecular formula is C21H26BN3O3S. The van der Waals surface area contributed by atoms with Crippen LogP contribution < -0.4 is 11.2 Å². The highest BCUT2D eigenvalue weighted by molar-refractivity contribution is 8.13. The Morgan fingerprint density at radius 2 is 1.76 bits per heavy atom. The zero-order chi connectivity index (χ0) is 21.1. The highest BCUT2D eigenvalue weighted by Crippen LogP contribution is 2.37. The molecule has 2 aromatic rings. The summed E-state index contributed by atoms with van der Waals surface area (Å²) in [6, 6.07) is 15.2. The fraction of sp³-hybridized carbons (Fsp3) is 0.333. The van der Waals surface area contributed by atoms with Crippen LogP contribution in [-0.2, 0) is 15.1 Å². The van der Waals surface area contributed by atoms with Crippen LogP contribution in [0.5, 0.6) is 5.75 Å². The summed E-state index contributed by atoms with van der Waals surface area (Å²) in [5, 5.41) is 18.8. The van der Waals surface area contributed by atoms with Crippen LogP contribution in [-0.4, -0.2) is 34.8 Å². The zero-order valence-corrected chi connectivity index (χ0v) is 17.9. The number of aromatic hydroxyl groups is 1. The molecule has 1 aliphatic rings. The van der Waals surface area contributed by atoms with Crippen LogP contribution in [0, 0.1) is 0 Å². The van der Waals surface area contributed by atoms with E-state index >= 15 is 0 Å². The van der Waals surface area contributed by atoms with E-state index in [9.17, 15) is 5.11 Å². The molecule has 0 atom stereocenters. The summed E-state index contributed by atoms with van der Waals surface area (Å²) in [5.74, 6) is 0.846. The van der Waals surface area contributed by atoms with Crippen molar-refractivity contribution in [2.45, 2.75) is 44.6 Å². The third-order valence-corrected chi connectivity index (χ3v) is 6.01. The predicted molar refractivity (Wildman–Crippen MR) is 121 cm³/mol. The maximum atomic E-state index is 10.3. The van der Waals surface area contributed by atoms with Crippen molar-refractivity contribution in [2.24, 2.45) is 15.9 Å². The fourth-order valence-electron chi connectivity index (χ4n) is 2.72. The van der Waals surface area contributed by atoms with Crippen LogP contribution in [0.2, 0.25) is 0 Å². The first kappa shape index (κ1) is 21.4. The summed E-state index contributed by atoms with van der Waals surface area (Å²) < 4.78 is 12.1. The van der Waals surface area contributed by atoms with Crippen LogP contribution in [0.15, 0.2) is 58.7 Å². The number of thioether (sulfide) groups is 1. The maximum absolute atomic E-state index is 10.3. The van der Waals surface area contributed by atoms with Gasteiger partial charge < -0.3 is 20.1 Å². The highest BCUT2D eigenvalue weighted by Gasteiger charge is 2.52. The van der Waals surface area contributed by atoms with Crippen molar-refractivity contribution in [2.75, 3.05) is 0 Å². The first-order valence-electron chi connectivity index (χ1n) is 9.40. The molecule has 0 saturated carbocycles. The minimum Gasteiger partial charge on any atom is -0.508 e. The Labute approximate surface area is 176 Å². The minimum absolute atomic E-state index is 0.113. The van der Waals surface area contributed by atoms with E-state index in [2.05, 4.69) is 10.2 Å². The number of nitrogens with two attached hydrogens (primary N) is 1. The number of benzene rings is 2. The predicted octanol–water partition coefficient (Wildman–Crippen LogP) is 3.27. The summed E-state index contributed by atoms with van der Waals surface area (Å²) in [6.07, 6.45) is 1.59. The van der Waals surface area contributed by atoms with E-state index in [1.54, 1.807) is 24.4 Å². The first-order chi connectivity index (χ1) is 13.7. The van der Waals surface area contributed by atoms with Gasteiger partial charge in [0, 0.05) is 11.2 Å². The van der Waals surface area contributed by atoms with E-state index in [0.29, 0.717) is 10.6 Å². The lowest BCUT2D eigenvalue weighted by Gasteiger charge is -2.32. The first-order valence-corrected chi connectivity index (χ1v) is 10.4. The van der Waals surface area contributed by atoms with E-state index in [-0.39, 0.29) is 5.75 Å². The molecule has 8 heteroatoms. The number of rotatable bonds is 5. The van der Waals surface area contributed by atoms with Crippen LogP contribution in [0.4, 0.5) is 0 Å². The van der Waals surface area contributed by atoms with Crippen LogP contribution in [0.3, 0.4) is 0 Å².